The van der Waals surface area contributed by atoms with Gasteiger partial charge in [0.25, 0.3) is 0 Å². The Balaban J connectivity index is 2.82. The molecule has 1 rings (SSSR count). The van der Waals surface area contributed by atoms with E-state index in [1.165, 1.54) is 6.07 Å². The number of carboxylic acids is 1. The Morgan fingerprint density at radius 2 is 1.93 bits per heavy atom. The Kier molecular flexibility index (Phi) is 3.84. The van der Waals surface area contributed by atoms with Gasteiger partial charge in [0.2, 0.25) is 5.78 Å². The van der Waals surface area contributed by atoms with Crippen LogP contribution in [0.3, 0.4) is 0 Å². The lowest BCUT2D eigenvalue weighted by atomic mass is 10.1. The zero-order valence-corrected chi connectivity index (χ0v) is 9.45. The van der Waals surface area contributed by atoms with Gasteiger partial charge in [-0.25, -0.2) is 4.79 Å². The number of hydrogen-bond acceptors (Lipinski definition) is 4. The Morgan fingerprint density at radius 1 is 1.33 bits per heavy atom. The third kappa shape index (κ3) is 3.02. The van der Waals surface area contributed by atoms with E-state index in [1.807, 2.05) is 0 Å². The summed E-state index contributed by atoms with van der Waals surface area (Å²) in [6.45, 7) is 0. The maximum atomic E-state index is 11.4. The highest BCUT2D eigenvalue weighted by Crippen LogP contribution is 2.31. The van der Waals surface area contributed by atoms with Crippen molar-refractivity contribution in [2.24, 2.45) is 0 Å². The SMILES string of the molecule is O=C(O)C(=O)CC(=O)c1cc(Cl)sc1Cl. The first kappa shape index (κ1) is 12.2. The molecule has 0 aromatic carbocycles. The lowest BCUT2D eigenvalue weighted by Crippen LogP contribution is -2.16. The number of rotatable bonds is 4. The maximum absolute atomic E-state index is 11.4. The van der Waals surface area contributed by atoms with Crippen LogP contribution < -0.4 is 0 Å². The highest BCUT2D eigenvalue weighted by atomic mass is 35.5. The molecule has 1 heterocycles. The molecule has 80 valence electrons. The van der Waals surface area contributed by atoms with E-state index in [2.05, 4.69) is 0 Å². The van der Waals surface area contributed by atoms with Gasteiger partial charge in [0.15, 0.2) is 5.78 Å². The molecule has 0 spiro atoms. The molecule has 0 aliphatic rings. The molecule has 0 atom stereocenters. The van der Waals surface area contributed by atoms with Crippen LogP contribution >= 0.6 is 34.5 Å². The molecule has 1 aromatic rings. The predicted octanol–water partition coefficient (Wildman–Crippen LogP) is 2.28. The third-order valence-corrected chi connectivity index (χ3v) is 3.00. The number of carbonyl (C=O) groups is 3. The fraction of sp³-hybridized carbons (Fsp3) is 0.125. The number of carboxylic acid groups (broad SMARTS) is 1. The van der Waals surface area contributed by atoms with Gasteiger partial charge < -0.3 is 5.11 Å². The largest absolute Gasteiger partial charge is 0.475 e. The van der Waals surface area contributed by atoms with Gasteiger partial charge in [0.05, 0.1) is 10.8 Å². The van der Waals surface area contributed by atoms with Gasteiger partial charge in [-0.15, -0.1) is 11.3 Å². The van der Waals surface area contributed by atoms with Crippen molar-refractivity contribution in [3.8, 4) is 0 Å². The number of Topliss-reactive ketones (excluding diaryl/α,β-unsaturated/α-hetero) is 2. The summed E-state index contributed by atoms with van der Waals surface area (Å²) in [4.78, 5) is 32.3. The molecule has 0 saturated heterocycles. The van der Waals surface area contributed by atoms with Gasteiger partial charge in [0.1, 0.15) is 4.34 Å². The van der Waals surface area contributed by atoms with Crippen molar-refractivity contribution in [2.45, 2.75) is 6.42 Å². The molecule has 0 bridgehead atoms. The third-order valence-electron chi connectivity index (χ3n) is 1.52. The molecule has 7 heteroatoms. The highest BCUT2D eigenvalue weighted by molar-refractivity contribution is 7.20. The van der Waals surface area contributed by atoms with Gasteiger partial charge in [-0.3, -0.25) is 9.59 Å². The van der Waals surface area contributed by atoms with Crippen molar-refractivity contribution in [3.05, 3.63) is 20.3 Å². The Hall–Kier alpha value is -0.910. The lowest BCUT2D eigenvalue weighted by Gasteiger charge is -1.94. The number of thiophene rings is 1. The molecular weight excluding hydrogens is 263 g/mol. The van der Waals surface area contributed by atoms with Gasteiger partial charge in [0, 0.05) is 5.56 Å². The number of aliphatic carboxylic acids is 1. The van der Waals surface area contributed by atoms with Crippen molar-refractivity contribution >= 4 is 52.1 Å². The Labute approximate surface area is 98.4 Å². The van der Waals surface area contributed by atoms with Crippen LogP contribution in [-0.2, 0) is 9.59 Å². The van der Waals surface area contributed by atoms with E-state index in [9.17, 15) is 14.4 Å². The van der Waals surface area contributed by atoms with Crippen LogP contribution in [0.1, 0.15) is 16.8 Å². The van der Waals surface area contributed by atoms with Crippen LogP contribution in [0.5, 0.6) is 0 Å². The quantitative estimate of drug-likeness (QED) is 0.516. The normalized spacial score (nSPS) is 10.0. The van der Waals surface area contributed by atoms with E-state index in [0.717, 1.165) is 11.3 Å². The summed E-state index contributed by atoms with van der Waals surface area (Å²) in [6, 6.07) is 1.31. The van der Waals surface area contributed by atoms with Crippen molar-refractivity contribution in [3.63, 3.8) is 0 Å². The van der Waals surface area contributed by atoms with Crippen LogP contribution in [0.25, 0.3) is 0 Å². The van der Waals surface area contributed by atoms with Crippen LogP contribution in [0.2, 0.25) is 8.67 Å². The summed E-state index contributed by atoms with van der Waals surface area (Å²) in [5.41, 5.74) is 0.0845. The first-order valence-electron chi connectivity index (χ1n) is 3.66. The summed E-state index contributed by atoms with van der Waals surface area (Å²) >= 11 is 12.2. The van der Waals surface area contributed by atoms with Gasteiger partial charge in [-0.05, 0) is 6.07 Å². The molecule has 0 amide bonds. The molecule has 0 aliphatic carbocycles. The standard InChI is InChI=1S/C8H4Cl2O4S/c9-6-1-3(7(10)15-6)4(11)2-5(12)8(13)14/h1H,2H2,(H,13,14). The average Bonchev–Trinajstić information content (AvgIpc) is 2.44. The van der Waals surface area contributed by atoms with E-state index in [1.54, 1.807) is 0 Å². The molecule has 0 radical (unpaired) electrons. The zero-order valence-electron chi connectivity index (χ0n) is 7.12. The molecule has 0 saturated carbocycles. The van der Waals surface area contributed by atoms with E-state index < -0.39 is 24.0 Å². The minimum Gasteiger partial charge on any atom is -0.475 e. The molecule has 0 unspecified atom stereocenters. The van der Waals surface area contributed by atoms with E-state index in [0.29, 0.717) is 4.34 Å². The van der Waals surface area contributed by atoms with Crippen molar-refractivity contribution in [1.82, 2.24) is 0 Å². The fourth-order valence-corrected chi connectivity index (χ4v) is 2.35. The highest BCUT2D eigenvalue weighted by Gasteiger charge is 2.21. The molecule has 1 N–H and O–H groups in total. The molecule has 15 heavy (non-hydrogen) atoms. The number of halogens is 2. The van der Waals surface area contributed by atoms with Crippen molar-refractivity contribution < 1.29 is 19.5 Å². The fourth-order valence-electron chi connectivity index (χ4n) is 0.847. The number of carbonyl (C=O) groups excluding carboxylic acids is 2. The predicted molar refractivity (Wildman–Crippen MR) is 55.9 cm³/mol. The summed E-state index contributed by atoms with van der Waals surface area (Å²) < 4.78 is 0.467. The summed E-state index contributed by atoms with van der Waals surface area (Å²) in [7, 11) is 0. The van der Waals surface area contributed by atoms with Crippen LogP contribution in [0.4, 0.5) is 0 Å². The van der Waals surface area contributed by atoms with E-state index in [4.69, 9.17) is 28.3 Å². The average molecular weight is 267 g/mol. The second-order valence-corrected chi connectivity index (χ2v) is 4.85. The van der Waals surface area contributed by atoms with E-state index in [-0.39, 0.29) is 9.90 Å². The first-order valence-corrected chi connectivity index (χ1v) is 5.23. The van der Waals surface area contributed by atoms with Crippen molar-refractivity contribution in [1.29, 1.82) is 0 Å². The molecule has 0 fully saturated rings. The van der Waals surface area contributed by atoms with E-state index >= 15 is 0 Å². The monoisotopic (exact) mass is 266 g/mol. The molecule has 4 nitrogen and oxygen atoms in total. The number of hydrogen-bond donors (Lipinski definition) is 1. The van der Waals surface area contributed by atoms with Gasteiger partial charge in [-0.1, -0.05) is 23.2 Å². The van der Waals surface area contributed by atoms with Crippen LogP contribution in [-0.4, -0.2) is 22.6 Å². The van der Waals surface area contributed by atoms with Gasteiger partial charge in [-0.2, -0.15) is 0 Å². The summed E-state index contributed by atoms with van der Waals surface area (Å²) in [5, 5.41) is 8.29. The molecule has 1 aromatic heterocycles. The minimum atomic E-state index is -1.64. The first-order chi connectivity index (χ1) is 6.91. The zero-order chi connectivity index (χ0) is 11.6. The molecular formula is C8H4Cl2O4S. The van der Waals surface area contributed by atoms with Gasteiger partial charge >= 0.3 is 5.97 Å². The Bertz CT molecular complexity index is 438. The van der Waals surface area contributed by atoms with Crippen LogP contribution in [0.15, 0.2) is 6.07 Å². The molecule has 0 aliphatic heterocycles. The van der Waals surface area contributed by atoms with Crippen LogP contribution in [0, 0.1) is 0 Å². The second-order valence-electron chi connectivity index (χ2n) is 2.57. The minimum absolute atomic E-state index is 0.0845. The Morgan fingerprint density at radius 3 is 2.33 bits per heavy atom. The van der Waals surface area contributed by atoms with Crippen molar-refractivity contribution in [2.75, 3.05) is 0 Å². The maximum Gasteiger partial charge on any atom is 0.372 e. The summed E-state index contributed by atoms with van der Waals surface area (Å²) in [6.07, 6.45) is -0.706. The smallest absolute Gasteiger partial charge is 0.372 e. The number of ketones is 2. The second kappa shape index (κ2) is 4.74. The lowest BCUT2D eigenvalue weighted by molar-refractivity contribution is -0.148. The summed E-state index contributed by atoms with van der Waals surface area (Å²) in [5.74, 6) is -3.45. The topological polar surface area (TPSA) is 71.4 Å².